The van der Waals surface area contributed by atoms with Crippen LogP contribution < -0.4 is 4.90 Å². The van der Waals surface area contributed by atoms with Crippen molar-refractivity contribution in [2.45, 2.75) is 31.6 Å². The minimum atomic E-state index is 0.0611. The predicted octanol–water partition coefficient (Wildman–Crippen LogP) is 6.61. The number of nitrogens with zero attached hydrogens (tertiary/aromatic N) is 3. The summed E-state index contributed by atoms with van der Waals surface area (Å²) >= 11 is 6.68. The topological polar surface area (TPSA) is 35.9 Å². The molecule has 0 atom stereocenters. The smallest absolute Gasteiger partial charge is 0.269 e. The Morgan fingerprint density at radius 3 is 2.62 bits per heavy atom. The van der Waals surface area contributed by atoms with Gasteiger partial charge in [-0.3, -0.25) is 9.69 Å². The molecule has 0 N–H and O–H groups in total. The number of thioether (sulfide) groups is 2. The van der Waals surface area contributed by atoms with E-state index in [0.29, 0.717) is 6.54 Å². The molecule has 29 heavy (non-hydrogen) atoms. The van der Waals surface area contributed by atoms with Gasteiger partial charge in [-0.2, -0.15) is 0 Å². The van der Waals surface area contributed by atoms with Crippen LogP contribution in [0.4, 0.5) is 11.4 Å². The van der Waals surface area contributed by atoms with E-state index in [1.54, 1.807) is 11.8 Å². The summed E-state index contributed by atoms with van der Waals surface area (Å²) in [6.07, 6.45) is 1.99. The summed E-state index contributed by atoms with van der Waals surface area (Å²) < 4.78 is 0.978. The standard InChI is InChI=1S/C22H22BrN3OS2/c1-3-5-13-26-20(27)19(29-22(26)24-16-10-8-9-15(23)14-16)21-25(4-2)17-11-6-7-12-18(17)28-21/h6-12,14H,3-5,13H2,1-2H3/b21-19-,24-22?. The largest absolute Gasteiger partial charge is 0.334 e. The van der Waals surface area contributed by atoms with Gasteiger partial charge in [0.1, 0.15) is 9.93 Å². The zero-order valence-corrected chi connectivity index (χ0v) is 19.6. The number of hydrogen-bond donors (Lipinski definition) is 0. The lowest BCUT2D eigenvalue weighted by Gasteiger charge is -2.19. The molecule has 4 rings (SSSR count). The highest BCUT2D eigenvalue weighted by Gasteiger charge is 2.39. The Labute approximate surface area is 188 Å². The van der Waals surface area contributed by atoms with Crippen LogP contribution in [-0.4, -0.2) is 29.1 Å². The van der Waals surface area contributed by atoms with Crippen molar-refractivity contribution in [3.05, 3.63) is 62.9 Å². The van der Waals surface area contributed by atoms with Gasteiger partial charge in [-0.1, -0.05) is 59.2 Å². The number of aliphatic imine (C=N–C) groups is 1. The molecule has 0 spiro atoms. The van der Waals surface area contributed by atoms with Crippen LogP contribution in [-0.2, 0) is 4.79 Å². The van der Waals surface area contributed by atoms with Crippen LogP contribution in [0.15, 0.2) is 72.8 Å². The Bertz CT molecular complexity index is 1010. The highest BCUT2D eigenvalue weighted by molar-refractivity contribution is 9.10. The van der Waals surface area contributed by atoms with Gasteiger partial charge >= 0.3 is 0 Å². The minimum Gasteiger partial charge on any atom is -0.334 e. The SMILES string of the molecule is CCCCN1C(=O)/C(=C2/Sc3ccccc3N2CC)SC1=Nc1cccc(Br)c1. The monoisotopic (exact) mass is 487 g/mol. The van der Waals surface area contributed by atoms with Crippen molar-refractivity contribution in [2.24, 2.45) is 4.99 Å². The maximum Gasteiger partial charge on any atom is 0.269 e. The van der Waals surface area contributed by atoms with Crippen LogP contribution >= 0.6 is 39.5 Å². The van der Waals surface area contributed by atoms with Crippen LogP contribution in [0.1, 0.15) is 26.7 Å². The molecule has 2 aromatic rings. The summed E-state index contributed by atoms with van der Waals surface area (Å²) in [6.45, 7) is 5.78. The van der Waals surface area contributed by atoms with Gasteiger partial charge in [0.15, 0.2) is 5.17 Å². The molecule has 4 nitrogen and oxygen atoms in total. The average Bonchev–Trinajstić information content (AvgIpc) is 3.23. The number of rotatable bonds is 5. The number of unbranched alkanes of at least 4 members (excludes halogenated alkanes) is 1. The number of hydrogen-bond acceptors (Lipinski definition) is 5. The van der Waals surface area contributed by atoms with Gasteiger partial charge in [-0.25, -0.2) is 4.99 Å². The lowest BCUT2D eigenvalue weighted by atomic mass is 10.3. The molecule has 1 amide bonds. The molecule has 0 saturated carbocycles. The first-order valence-electron chi connectivity index (χ1n) is 9.75. The Morgan fingerprint density at radius 2 is 1.86 bits per heavy atom. The molecule has 0 bridgehead atoms. The van der Waals surface area contributed by atoms with E-state index >= 15 is 0 Å². The highest BCUT2D eigenvalue weighted by Crippen LogP contribution is 2.50. The van der Waals surface area contributed by atoms with Crippen LogP contribution in [0.25, 0.3) is 0 Å². The molecule has 2 aromatic carbocycles. The first-order valence-corrected chi connectivity index (χ1v) is 12.2. The van der Waals surface area contributed by atoms with Crippen LogP contribution in [0.3, 0.4) is 0 Å². The van der Waals surface area contributed by atoms with E-state index in [-0.39, 0.29) is 5.91 Å². The molecule has 150 valence electrons. The number of para-hydroxylation sites is 1. The number of benzene rings is 2. The Hall–Kier alpha value is -1.70. The molecule has 0 aromatic heterocycles. The summed E-state index contributed by atoms with van der Waals surface area (Å²) in [5.41, 5.74) is 2.02. The predicted molar refractivity (Wildman–Crippen MR) is 128 cm³/mol. The van der Waals surface area contributed by atoms with Crippen molar-refractivity contribution >= 4 is 61.9 Å². The molecule has 7 heteroatoms. The fourth-order valence-corrected chi connectivity index (χ4v) is 6.11. The van der Waals surface area contributed by atoms with Crippen molar-refractivity contribution in [1.82, 2.24) is 4.90 Å². The highest BCUT2D eigenvalue weighted by atomic mass is 79.9. The minimum absolute atomic E-state index is 0.0611. The molecule has 2 aliphatic heterocycles. The Morgan fingerprint density at radius 1 is 1.03 bits per heavy atom. The van der Waals surface area contributed by atoms with Gasteiger partial charge in [-0.05, 0) is 55.4 Å². The van der Waals surface area contributed by atoms with Crippen LogP contribution in [0, 0.1) is 0 Å². The van der Waals surface area contributed by atoms with Crippen molar-refractivity contribution in [1.29, 1.82) is 0 Å². The second-order valence-corrected chi connectivity index (χ2v) is 9.66. The molecular weight excluding hydrogens is 466 g/mol. The van der Waals surface area contributed by atoms with E-state index in [9.17, 15) is 4.79 Å². The quantitative estimate of drug-likeness (QED) is 0.444. The third kappa shape index (κ3) is 4.13. The van der Waals surface area contributed by atoms with Crippen LogP contribution in [0.2, 0.25) is 0 Å². The molecule has 2 heterocycles. The number of carbonyl (C=O) groups is 1. The van der Waals surface area contributed by atoms with Gasteiger partial charge in [0, 0.05) is 22.5 Å². The van der Waals surface area contributed by atoms with Gasteiger partial charge in [0.2, 0.25) is 0 Å². The maximum absolute atomic E-state index is 13.4. The number of amidine groups is 1. The van der Waals surface area contributed by atoms with Gasteiger partial charge in [-0.15, -0.1) is 0 Å². The zero-order valence-electron chi connectivity index (χ0n) is 16.4. The molecular formula is C22H22BrN3OS2. The summed E-state index contributed by atoms with van der Waals surface area (Å²) in [5.74, 6) is 0.0611. The fourth-order valence-electron chi connectivity index (χ4n) is 3.31. The van der Waals surface area contributed by atoms with E-state index in [1.807, 2.05) is 41.3 Å². The second kappa shape index (κ2) is 8.98. The third-order valence-corrected chi connectivity index (χ3v) is 7.62. The lowest BCUT2D eigenvalue weighted by Crippen LogP contribution is -2.30. The summed E-state index contributed by atoms with van der Waals surface area (Å²) in [5, 5.41) is 1.78. The first-order chi connectivity index (χ1) is 14.1. The van der Waals surface area contributed by atoms with E-state index in [2.05, 4.69) is 46.8 Å². The first kappa shape index (κ1) is 20.6. The Balaban J connectivity index is 1.74. The summed E-state index contributed by atoms with van der Waals surface area (Å²) in [7, 11) is 0. The summed E-state index contributed by atoms with van der Waals surface area (Å²) in [6, 6.07) is 16.2. The second-order valence-electron chi connectivity index (χ2n) is 6.73. The van der Waals surface area contributed by atoms with Gasteiger partial charge in [0.25, 0.3) is 5.91 Å². The number of halogens is 1. The van der Waals surface area contributed by atoms with E-state index < -0.39 is 0 Å². The molecule has 0 radical (unpaired) electrons. The van der Waals surface area contributed by atoms with Gasteiger partial charge in [0.05, 0.1) is 11.4 Å². The van der Waals surface area contributed by atoms with Crippen molar-refractivity contribution in [3.63, 3.8) is 0 Å². The zero-order chi connectivity index (χ0) is 20.4. The fraction of sp³-hybridized carbons (Fsp3) is 0.273. The Kier molecular flexibility index (Phi) is 6.37. The normalized spacial score (nSPS) is 20.1. The molecule has 1 fully saturated rings. The third-order valence-electron chi connectivity index (χ3n) is 4.75. The molecule has 0 unspecified atom stereocenters. The summed E-state index contributed by atoms with van der Waals surface area (Å²) in [4.78, 5) is 24.3. The number of fused-ring (bicyclic) bond motifs is 1. The molecule has 0 aliphatic carbocycles. The molecule has 2 aliphatic rings. The molecule has 1 saturated heterocycles. The van der Waals surface area contributed by atoms with Crippen molar-refractivity contribution < 1.29 is 4.79 Å². The van der Waals surface area contributed by atoms with Crippen LogP contribution in [0.5, 0.6) is 0 Å². The van der Waals surface area contributed by atoms with Crippen molar-refractivity contribution in [2.75, 3.05) is 18.0 Å². The van der Waals surface area contributed by atoms with E-state index in [4.69, 9.17) is 4.99 Å². The van der Waals surface area contributed by atoms with Crippen molar-refractivity contribution in [3.8, 4) is 0 Å². The van der Waals surface area contributed by atoms with E-state index in [1.165, 1.54) is 22.3 Å². The lowest BCUT2D eigenvalue weighted by molar-refractivity contribution is -0.122. The van der Waals surface area contributed by atoms with E-state index in [0.717, 1.165) is 44.6 Å². The number of anilines is 1. The number of carbonyl (C=O) groups excluding carboxylic acids is 1. The van der Waals surface area contributed by atoms with Gasteiger partial charge < -0.3 is 4.90 Å². The average molecular weight is 488 g/mol. The number of amides is 1. The maximum atomic E-state index is 13.4.